The van der Waals surface area contributed by atoms with Crippen molar-refractivity contribution < 1.29 is 18.7 Å². The number of rotatable bonds is 9. The van der Waals surface area contributed by atoms with Crippen molar-refractivity contribution in [2.24, 2.45) is 0 Å². The molecule has 33 heavy (non-hydrogen) atoms. The van der Waals surface area contributed by atoms with Crippen LogP contribution in [0.2, 0.25) is 0 Å². The van der Waals surface area contributed by atoms with Crippen LogP contribution in [0, 0.1) is 5.82 Å². The standard InChI is InChI=1S/C24H27FN4O3S/c1-3-21(23(30)26-18-10-8-17(25)9-11-18)33-24-28-27-22(16-6-12-19(31-2)13-7-16)29(24)15-20-5-4-14-32-20/h6-13,20-21H,3-5,14-15H2,1-2H3,(H,26,30). The van der Waals surface area contributed by atoms with E-state index in [4.69, 9.17) is 9.47 Å². The zero-order valence-electron chi connectivity index (χ0n) is 18.7. The lowest BCUT2D eigenvalue weighted by molar-refractivity contribution is -0.115. The van der Waals surface area contributed by atoms with Crippen LogP contribution in [0.5, 0.6) is 5.75 Å². The number of carbonyl (C=O) groups excluding carboxylic acids is 1. The molecule has 1 fully saturated rings. The van der Waals surface area contributed by atoms with E-state index in [1.165, 1.54) is 23.9 Å². The van der Waals surface area contributed by atoms with Gasteiger partial charge in [-0.05, 0) is 67.8 Å². The van der Waals surface area contributed by atoms with Gasteiger partial charge >= 0.3 is 0 Å². The number of ether oxygens (including phenoxy) is 2. The molecule has 1 saturated heterocycles. The van der Waals surface area contributed by atoms with Gasteiger partial charge in [0.1, 0.15) is 11.6 Å². The Morgan fingerprint density at radius 1 is 1.24 bits per heavy atom. The summed E-state index contributed by atoms with van der Waals surface area (Å²) in [6, 6.07) is 13.4. The maximum absolute atomic E-state index is 13.2. The lowest BCUT2D eigenvalue weighted by Gasteiger charge is -2.18. The third-order valence-corrected chi connectivity index (χ3v) is 6.84. The number of hydrogen-bond acceptors (Lipinski definition) is 6. The Bertz CT molecular complexity index is 1070. The Hall–Kier alpha value is -2.91. The predicted octanol–water partition coefficient (Wildman–Crippen LogP) is 4.78. The molecule has 2 unspecified atom stereocenters. The van der Waals surface area contributed by atoms with Crippen LogP contribution in [-0.4, -0.2) is 45.7 Å². The molecule has 1 aromatic heterocycles. The Morgan fingerprint density at radius 3 is 2.64 bits per heavy atom. The molecule has 0 radical (unpaired) electrons. The highest BCUT2D eigenvalue weighted by Gasteiger charge is 2.26. The second kappa shape index (κ2) is 10.8. The quantitative estimate of drug-likeness (QED) is 0.454. The van der Waals surface area contributed by atoms with Crippen molar-refractivity contribution in [1.82, 2.24) is 14.8 Å². The number of nitrogens with zero attached hydrogens (tertiary/aromatic N) is 3. The van der Waals surface area contributed by atoms with E-state index >= 15 is 0 Å². The molecule has 0 aliphatic carbocycles. The highest BCUT2D eigenvalue weighted by atomic mass is 32.2. The molecule has 174 valence electrons. The van der Waals surface area contributed by atoms with Crippen molar-refractivity contribution in [3.05, 3.63) is 54.3 Å². The summed E-state index contributed by atoms with van der Waals surface area (Å²) in [5.41, 5.74) is 1.47. The molecule has 2 atom stereocenters. The maximum Gasteiger partial charge on any atom is 0.237 e. The molecule has 4 rings (SSSR count). The van der Waals surface area contributed by atoms with Gasteiger partial charge < -0.3 is 14.8 Å². The monoisotopic (exact) mass is 470 g/mol. The molecule has 1 amide bonds. The number of methoxy groups -OCH3 is 1. The normalized spacial score (nSPS) is 16.5. The van der Waals surface area contributed by atoms with Gasteiger partial charge in [-0.1, -0.05) is 18.7 Å². The number of nitrogens with one attached hydrogen (secondary N) is 1. The lowest BCUT2D eigenvalue weighted by atomic mass is 10.2. The topological polar surface area (TPSA) is 78.3 Å². The summed E-state index contributed by atoms with van der Waals surface area (Å²) >= 11 is 1.38. The summed E-state index contributed by atoms with van der Waals surface area (Å²) in [5.74, 6) is 0.987. The first kappa shape index (κ1) is 23.3. The first-order valence-corrected chi connectivity index (χ1v) is 11.9. The molecule has 2 aromatic carbocycles. The van der Waals surface area contributed by atoms with Crippen LogP contribution in [0.3, 0.4) is 0 Å². The molecule has 0 bridgehead atoms. The molecule has 9 heteroatoms. The minimum atomic E-state index is -0.383. The van der Waals surface area contributed by atoms with Crippen LogP contribution in [0.4, 0.5) is 10.1 Å². The Kier molecular flexibility index (Phi) is 7.61. The molecule has 3 aromatic rings. The van der Waals surface area contributed by atoms with E-state index in [9.17, 15) is 9.18 Å². The SMILES string of the molecule is CCC(Sc1nnc(-c2ccc(OC)cc2)n1CC1CCCO1)C(=O)Nc1ccc(F)cc1. The summed E-state index contributed by atoms with van der Waals surface area (Å²) in [7, 11) is 1.63. The minimum Gasteiger partial charge on any atom is -0.497 e. The lowest BCUT2D eigenvalue weighted by Crippen LogP contribution is -2.25. The van der Waals surface area contributed by atoms with Crippen LogP contribution in [0.15, 0.2) is 53.7 Å². The number of halogens is 1. The van der Waals surface area contributed by atoms with Gasteiger partial charge in [-0.25, -0.2) is 4.39 Å². The van der Waals surface area contributed by atoms with Gasteiger partial charge in [-0.2, -0.15) is 0 Å². The van der Waals surface area contributed by atoms with E-state index in [1.807, 2.05) is 35.8 Å². The molecule has 0 saturated carbocycles. The van der Waals surface area contributed by atoms with E-state index in [0.29, 0.717) is 23.8 Å². The van der Waals surface area contributed by atoms with Gasteiger partial charge in [0, 0.05) is 17.9 Å². The average Bonchev–Trinajstić information content (AvgIpc) is 3.49. The number of benzene rings is 2. The zero-order valence-corrected chi connectivity index (χ0v) is 19.5. The Labute approximate surface area is 196 Å². The highest BCUT2D eigenvalue weighted by Crippen LogP contribution is 2.31. The smallest absolute Gasteiger partial charge is 0.237 e. The molecule has 1 aliphatic rings. The molecular formula is C24H27FN4O3S. The van der Waals surface area contributed by atoms with Gasteiger partial charge in [-0.15, -0.1) is 10.2 Å². The summed E-state index contributed by atoms with van der Waals surface area (Å²) < 4.78 is 26.3. The van der Waals surface area contributed by atoms with Gasteiger partial charge in [0.05, 0.1) is 25.0 Å². The van der Waals surface area contributed by atoms with Crippen LogP contribution < -0.4 is 10.1 Å². The van der Waals surface area contributed by atoms with Crippen molar-refractivity contribution in [1.29, 1.82) is 0 Å². The number of hydrogen-bond donors (Lipinski definition) is 1. The molecule has 1 aliphatic heterocycles. The van der Waals surface area contributed by atoms with Crippen molar-refractivity contribution in [2.75, 3.05) is 19.0 Å². The van der Waals surface area contributed by atoms with Gasteiger partial charge in [0.15, 0.2) is 11.0 Å². The van der Waals surface area contributed by atoms with E-state index in [0.717, 1.165) is 36.6 Å². The Morgan fingerprint density at radius 2 is 2.00 bits per heavy atom. The average molecular weight is 471 g/mol. The van der Waals surface area contributed by atoms with Crippen LogP contribution >= 0.6 is 11.8 Å². The van der Waals surface area contributed by atoms with Crippen LogP contribution in [0.1, 0.15) is 26.2 Å². The summed E-state index contributed by atoms with van der Waals surface area (Å²) in [5, 5.41) is 12.0. The third kappa shape index (κ3) is 5.72. The molecule has 0 spiro atoms. The van der Waals surface area contributed by atoms with Gasteiger partial charge in [0.25, 0.3) is 0 Å². The van der Waals surface area contributed by atoms with Gasteiger partial charge in [-0.3, -0.25) is 9.36 Å². The fourth-order valence-corrected chi connectivity index (χ4v) is 4.65. The van der Waals surface area contributed by atoms with E-state index in [1.54, 1.807) is 19.2 Å². The van der Waals surface area contributed by atoms with Crippen LogP contribution in [-0.2, 0) is 16.1 Å². The van der Waals surface area contributed by atoms with Crippen LogP contribution in [0.25, 0.3) is 11.4 Å². The first-order valence-electron chi connectivity index (χ1n) is 11.0. The second-order valence-electron chi connectivity index (χ2n) is 7.79. The molecule has 7 nitrogen and oxygen atoms in total. The number of carbonyl (C=O) groups is 1. The number of aromatic nitrogens is 3. The largest absolute Gasteiger partial charge is 0.497 e. The Balaban J connectivity index is 1.57. The van der Waals surface area contributed by atoms with E-state index in [-0.39, 0.29) is 23.1 Å². The van der Waals surface area contributed by atoms with Crippen molar-refractivity contribution in [3.8, 4) is 17.1 Å². The number of thioether (sulfide) groups is 1. The van der Waals surface area contributed by atoms with Crippen molar-refractivity contribution in [2.45, 2.75) is 49.2 Å². The summed E-state index contributed by atoms with van der Waals surface area (Å²) in [4.78, 5) is 12.9. The van der Waals surface area contributed by atoms with Crippen molar-refractivity contribution >= 4 is 23.4 Å². The van der Waals surface area contributed by atoms with Gasteiger partial charge in [0.2, 0.25) is 5.91 Å². The third-order valence-electron chi connectivity index (χ3n) is 5.50. The molecule has 1 N–H and O–H groups in total. The minimum absolute atomic E-state index is 0.0884. The summed E-state index contributed by atoms with van der Waals surface area (Å²) in [6.45, 7) is 3.32. The zero-order chi connectivity index (χ0) is 23.2. The highest BCUT2D eigenvalue weighted by molar-refractivity contribution is 8.00. The predicted molar refractivity (Wildman–Crippen MR) is 126 cm³/mol. The fourth-order valence-electron chi connectivity index (χ4n) is 3.69. The number of anilines is 1. The van der Waals surface area contributed by atoms with E-state index in [2.05, 4.69) is 15.5 Å². The maximum atomic E-state index is 13.2. The number of amides is 1. The first-order chi connectivity index (χ1) is 16.1. The molecular weight excluding hydrogens is 443 g/mol. The fraction of sp³-hybridized carbons (Fsp3) is 0.375. The van der Waals surface area contributed by atoms with Crippen molar-refractivity contribution in [3.63, 3.8) is 0 Å². The molecule has 2 heterocycles. The van der Waals surface area contributed by atoms with E-state index < -0.39 is 0 Å². The summed E-state index contributed by atoms with van der Waals surface area (Å²) in [6.07, 6.45) is 2.70. The second-order valence-corrected chi connectivity index (χ2v) is 8.96.